The standard InChI is InChI=1S/C14H25NO/c1-11-9-12(3-7-15-11)13-4-8-16-14(10-13)5-2-6-14/h11-13,15H,2-10H2,1H3. The van der Waals surface area contributed by atoms with Crippen molar-refractivity contribution in [2.45, 2.75) is 63.5 Å². The summed E-state index contributed by atoms with van der Waals surface area (Å²) in [5.74, 6) is 1.93. The molecule has 2 aliphatic heterocycles. The fraction of sp³-hybridized carbons (Fsp3) is 1.00. The lowest BCUT2D eigenvalue weighted by molar-refractivity contribution is -0.151. The van der Waals surface area contributed by atoms with E-state index in [1.807, 2.05) is 0 Å². The van der Waals surface area contributed by atoms with Gasteiger partial charge in [0, 0.05) is 12.6 Å². The SMILES string of the molecule is CC1CC(C2CCOC3(CCC3)C2)CCN1. The Morgan fingerprint density at radius 1 is 1.19 bits per heavy atom. The van der Waals surface area contributed by atoms with E-state index in [0.29, 0.717) is 5.60 Å². The molecule has 16 heavy (non-hydrogen) atoms. The second-order valence-corrected chi connectivity index (χ2v) is 6.28. The van der Waals surface area contributed by atoms with Gasteiger partial charge in [0.25, 0.3) is 0 Å². The van der Waals surface area contributed by atoms with Crippen molar-refractivity contribution in [3.05, 3.63) is 0 Å². The van der Waals surface area contributed by atoms with Gasteiger partial charge in [0.15, 0.2) is 0 Å². The molecule has 3 atom stereocenters. The van der Waals surface area contributed by atoms with Crippen LogP contribution in [0.5, 0.6) is 0 Å². The summed E-state index contributed by atoms with van der Waals surface area (Å²) in [7, 11) is 0. The molecule has 1 aliphatic carbocycles. The van der Waals surface area contributed by atoms with Crippen LogP contribution in [-0.2, 0) is 4.74 Å². The Morgan fingerprint density at radius 2 is 2.06 bits per heavy atom. The van der Waals surface area contributed by atoms with Gasteiger partial charge in [-0.1, -0.05) is 0 Å². The monoisotopic (exact) mass is 223 g/mol. The van der Waals surface area contributed by atoms with Crippen LogP contribution in [0.25, 0.3) is 0 Å². The number of hydrogen-bond donors (Lipinski definition) is 1. The average molecular weight is 223 g/mol. The Bertz CT molecular complexity index is 249. The van der Waals surface area contributed by atoms with Crippen molar-refractivity contribution >= 4 is 0 Å². The molecule has 2 heteroatoms. The molecule has 0 radical (unpaired) electrons. The summed E-state index contributed by atoms with van der Waals surface area (Å²) in [5, 5.41) is 3.57. The van der Waals surface area contributed by atoms with Crippen LogP contribution in [0.1, 0.15) is 51.9 Å². The molecule has 0 bridgehead atoms. The highest BCUT2D eigenvalue weighted by Crippen LogP contribution is 2.47. The van der Waals surface area contributed by atoms with Gasteiger partial charge in [0.05, 0.1) is 5.60 Å². The molecule has 92 valence electrons. The van der Waals surface area contributed by atoms with Gasteiger partial charge in [-0.15, -0.1) is 0 Å². The van der Waals surface area contributed by atoms with Crippen molar-refractivity contribution in [2.75, 3.05) is 13.2 Å². The maximum atomic E-state index is 6.03. The van der Waals surface area contributed by atoms with E-state index in [2.05, 4.69) is 12.2 Å². The predicted octanol–water partition coefficient (Wildman–Crippen LogP) is 2.72. The van der Waals surface area contributed by atoms with Crippen LogP contribution in [0.15, 0.2) is 0 Å². The number of ether oxygens (including phenoxy) is 1. The largest absolute Gasteiger partial charge is 0.375 e. The molecule has 1 saturated carbocycles. The highest BCUT2D eigenvalue weighted by Gasteiger charge is 2.44. The summed E-state index contributed by atoms with van der Waals surface area (Å²) in [6, 6.07) is 0.735. The number of nitrogens with one attached hydrogen (secondary N) is 1. The highest BCUT2D eigenvalue weighted by molar-refractivity contribution is 4.96. The number of rotatable bonds is 1. The molecule has 2 saturated heterocycles. The lowest BCUT2D eigenvalue weighted by atomic mass is 9.67. The van der Waals surface area contributed by atoms with Crippen LogP contribution in [0.3, 0.4) is 0 Å². The van der Waals surface area contributed by atoms with E-state index in [9.17, 15) is 0 Å². The first-order chi connectivity index (χ1) is 7.77. The van der Waals surface area contributed by atoms with Gasteiger partial charge in [-0.2, -0.15) is 0 Å². The van der Waals surface area contributed by atoms with Crippen molar-refractivity contribution in [3.63, 3.8) is 0 Å². The Labute approximate surface area is 99.1 Å². The van der Waals surface area contributed by atoms with Crippen molar-refractivity contribution in [2.24, 2.45) is 11.8 Å². The average Bonchev–Trinajstić information content (AvgIpc) is 2.27. The van der Waals surface area contributed by atoms with Crippen LogP contribution in [-0.4, -0.2) is 24.8 Å². The molecule has 0 aromatic rings. The minimum atomic E-state index is 0.344. The van der Waals surface area contributed by atoms with Crippen LogP contribution in [0.2, 0.25) is 0 Å². The first kappa shape index (κ1) is 11.0. The normalized spacial score (nSPS) is 42.9. The Balaban J connectivity index is 1.61. The van der Waals surface area contributed by atoms with Crippen LogP contribution < -0.4 is 5.32 Å². The van der Waals surface area contributed by atoms with Crippen molar-refractivity contribution in [3.8, 4) is 0 Å². The lowest BCUT2D eigenvalue weighted by Gasteiger charge is -2.49. The molecule has 1 spiro atoms. The van der Waals surface area contributed by atoms with Gasteiger partial charge >= 0.3 is 0 Å². The van der Waals surface area contributed by atoms with Crippen molar-refractivity contribution < 1.29 is 4.74 Å². The third kappa shape index (κ3) is 2.02. The van der Waals surface area contributed by atoms with E-state index >= 15 is 0 Å². The van der Waals surface area contributed by atoms with E-state index in [4.69, 9.17) is 4.74 Å². The first-order valence-corrected chi connectivity index (χ1v) is 7.15. The fourth-order valence-corrected chi connectivity index (χ4v) is 3.99. The van der Waals surface area contributed by atoms with E-state index in [1.165, 1.54) is 51.5 Å². The Kier molecular flexibility index (Phi) is 2.97. The fourth-order valence-electron chi connectivity index (χ4n) is 3.99. The topological polar surface area (TPSA) is 21.3 Å². The van der Waals surface area contributed by atoms with E-state index < -0.39 is 0 Å². The summed E-state index contributed by atoms with van der Waals surface area (Å²) in [4.78, 5) is 0. The van der Waals surface area contributed by atoms with E-state index in [0.717, 1.165) is 24.5 Å². The second kappa shape index (κ2) is 4.30. The van der Waals surface area contributed by atoms with Crippen molar-refractivity contribution in [1.29, 1.82) is 0 Å². The molecular weight excluding hydrogens is 198 g/mol. The Hall–Kier alpha value is -0.0800. The quantitative estimate of drug-likeness (QED) is 0.738. The molecule has 2 heterocycles. The van der Waals surface area contributed by atoms with Gasteiger partial charge < -0.3 is 10.1 Å². The van der Waals surface area contributed by atoms with Gasteiger partial charge in [-0.25, -0.2) is 0 Å². The maximum Gasteiger partial charge on any atom is 0.0685 e. The highest BCUT2D eigenvalue weighted by atomic mass is 16.5. The molecule has 0 aromatic carbocycles. The zero-order valence-corrected chi connectivity index (χ0v) is 10.5. The summed E-state index contributed by atoms with van der Waals surface area (Å²) in [6.07, 6.45) is 9.54. The van der Waals surface area contributed by atoms with E-state index in [-0.39, 0.29) is 0 Å². The smallest absolute Gasteiger partial charge is 0.0685 e. The molecular formula is C14H25NO. The van der Waals surface area contributed by atoms with Gasteiger partial charge in [-0.3, -0.25) is 0 Å². The Morgan fingerprint density at radius 3 is 2.75 bits per heavy atom. The second-order valence-electron chi connectivity index (χ2n) is 6.28. The minimum Gasteiger partial charge on any atom is -0.375 e. The van der Waals surface area contributed by atoms with Crippen LogP contribution in [0, 0.1) is 11.8 Å². The van der Waals surface area contributed by atoms with Crippen molar-refractivity contribution in [1.82, 2.24) is 5.32 Å². The minimum absolute atomic E-state index is 0.344. The van der Waals surface area contributed by atoms with Crippen LogP contribution in [0.4, 0.5) is 0 Å². The van der Waals surface area contributed by atoms with Gasteiger partial charge in [0.1, 0.15) is 0 Å². The third-order valence-corrected chi connectivity index (χ3v) is 5.13. The number of piperidine rings is 1. The molecule has 1 N–H and O–H groups in total. The van der Waals surface area contributed by atoms with Gasteiger partial charge in [0.2, 0.25) is 0 Å². The molecule has 0 aromatic heterocycles. The zero-order chi connectivity index (χ0) is 11.0. The molecule has 2 nitrogen and oxygen atoms in total. The summed E-state index contributed by atoms with van der Waals surface area (Å²) >= 11 is 0. The molecule has 3 rings (SSSR count). The summed E-state index contributed by atoms with van der Waals surface area (Å²) in [6.45, 7) is 4.60. The summed E-state index contributed by atoms with van der Waals surface area (Å²) in [5.41, 5.74) is 0.344. The molecule has 0 amide bonds. The predicted molar refractivity (Wildman–Crippen MR) is 65.4 cm³/mol. The summed E-state index contributed by atoms with van der Waals surface area (Å²) < 4.78 is 6.03. The molecule has 3 unspecified atom stereocenters. The zero-order valence-electron chi connectivity index (χ0n) is 10.5. The van der Waals surface area contributed by atoms with Gasteiger partial charge in [-0.05, 0) is 70.3 Å². The molecule has 3 fully saturated rings. The molecule has 3 aliphatic rings. The van der Waals surface area contributed by atoms with Crippen LogP contribution >= 0.6 is 0 Å². The number of hydrogen-bond acceptors (Lipinski definition) is 2. The van der Waals surface area contributed by atoms with E-state index in [1.54, 1.807) is 0 Å². The maximum absolute atomic E-state index is 6.03. The third-order valence-electron chi connectivity index (χ3n) is 5.13. The lowest BCUT2D eigenvalue weighted by Crippen LogP contribution is -2.48. The first-order valence-electron chi connectivity index (χ1n) is 7.15.